The number of rotatable bonds is 4. The van der Waals surface area contributed by atoms with Gasteiger partial charge < -0.3 is 5.09 Å². The van der Waals surface area contributed by atoms with Crippen molar-refractivity contribution in [2.45, 2.75) is 39.0 Å². The van der Waals surface area contributed by atoms with Crippen LogP contribution in [0, 0.1) is 5.82 Å². The fourth-order valence-electron chi connectivity index (χ4n) is 1.58. The first-order valence-corrected chi connectivity index (χ1v) is 8.43. The van der Waals surface area contributed by atoms with Gasteiger partial charge in [0.05, 0.1) is 0 Å². The topological polar surface area (TPSA) is 12.0 Å². The van der Waals surface area contributed by atoms with Crippen molar-refractivity contribution in [2.24, 2.45) is 0 Å². The number of halogens is 1. The maximum atomic E-state index is 12.8. The summed E-state index contributed by atoms with van der Waals surface area (Å²) in [5.41, 5.74) is 1.80. The Bertz CT molecular complexity index is 375. The van der Waals surface area contributed by atoms with Gasteiger partial charge in [-0.25, -0.2) is 4.39 Å². The van der Waals surface area contributed by atoms with E-state index < -0.39 is 6.19 Å². The molecule has 0 saturated heterocycles. The molecule has 0 aliphatic carbocycles. The van der Waals surface area contributed by atoms with Gasteiger partial charge in [0.1, 0.15) is 5.82 Å². The first-order chi connectivity index (χ1) is 7.36. The van der Waals surface area contributed by atoms with Crippen LogP contribution in [-0.2, 0) is 11.8 Å². The number of benzene rings is 1. The van der Waals surface area contributed by atoms with Gasteiger partial charge in [-0.15, -0.1) is 0 Å². The van der Waals surface area contributed by atoms with Crippen molar-refractivity contribution in [1.29, 1.82) is 0 Å². The Morgan fingerprint density at radius 2 is 1.50 bits per heavy atom. The standard InChI is InChI=1S/C12H19FNPS/c1-9(2)15(16,10(3)4)14-12-7-5-11(13)6-8-12/h5-10H,1-4H3,(H,14,16). The lowest BCUT2D eigenvalue weighted by Gasteiger charge is -2.32. The van der Waals surface area contributed by atoms with Crippen LogP contribution in [0.3, 0.4) is 0 Å². The first kappa shape index (κ1) is 13.7. The van der Waals surface area contributed by atoms with E-state index in [4.69, 9.17) is 11.8 Å². The van der Waals surface area contributed by atoms with Crippen LogP contribution in [0.25, 0.3) is 0 Å². The molecule has 0 heterocycles. The lowest BCUT2D eigenvalue weighted by atomic mass is 10.3. The molecule has 0 unspecified atom stereocenters. The average molecular weight is 259 g/mol. The van der Waals surface area contributed by atoms with Gasteiger partial charge >= 0.3 is 0 Å². The second kappa shape index (κ2) is 5.29. The molecule has 4 heteroatoms. The van der Waals surface area contributed by atoms with Gasteiger partial charge in [-0.3, -0.25) is 0 Å². The Morgan fingerprint density at radius 1 is 1.06 bits per heavy atom. The number of anilines is 1. The monoisotopic (exact) mass is 259 g/mol. The largest absolute Gasteiger partial charge is 0.357 e. The van der Waals surface area contributed by atoms with E-state index in [9.17, 15) is 4.39 Å². The number of hydrogen-bond donors (Lipinski definition) is 1. The highest BCUT2D eigenvalue weighted by Crippen LogP contribution is 2.54. The molecule has 0 radical (unpaired) electrons. The van der Waals surface area contributed by atoms with Gasteiger partial charge in [-0.05, 0) is 35.6 Å². The Hall–Kier alpha value is -0.400. The van der Waals surface area contributed by atoms with Crippen molar-refractivity contribution < 1.29 is 4.39 Å². The first-order valence-electron chi connectivity index (χ1n) is 5.49. The molecule has 16 heavy (non-hydrogen) atoms. The molecule has 1 nitrogen and oxygen atoms in total. The molecule has 0 aliphatic heterocycles. The summed E-state index contributed by atoms with van der Waals surface area (Å²) in [5, 5.41) is 3.44. The van der Waals surface area contributed by atoms with Crippen molar-refractivity contribution in [3.8, 4) is 0 Å². The van der Waals surface area contributed by atoms with Crippen molar-refractivity contribution in [3.05, 3.63) is 30.1 Å². The van der Waals surface area contributed by atoms with E-state index in [0.29, 0.717) is 11.3 Å². The highest BCUT2D eigenvalue weighted by Gasteiger charge is 2.25. The van der Waals surface area contributed by atoms with E-state index in [2.05, 4.69) is 32.8 Å². The minimum atomic E-state index is -1.64. The second-order valence-electron chi connectivity index (χ2n) is 4.52. The molecule has 90 valence electrons. The van der Waals surface area contributed by atoms with Crippen LogP contribution in [0.5, 0.6) is 0 Å². The van der Waals surface area contributed by atoms with E-state index in [-0.39, 0.29) is 5.82 Å². The highest BCUT2D eigenvalue weighted by molar-refractivity contribution is 8.15. The van der Waals surface area contributed by atoms with Crippen LogP contribution in [-0.4, -0.2) is 11.3 Å². The van der Waals surface area contributed by atoms with Crippen LogP contribution in [0.2, 0.25) is 0 Å². The SMILES string of the molecule is CC(C)P(=S)(Nc1ccc(F)cc1)C(C)C. The highest BCUT2D eigenvalue weighted by atomic mass is 32.4. The third kappa shape index (κ3) is 3.05. The maximum Gasteiger partial charge on any atom is 0.123 e. The fraction of sp³-hybridized carbons (Fsp3) is 0.500. The maximum absolute atomic E-state index is 12.8. The summed E-state index contributed by atoms with van der Waals surface area (Å²) < 4.78 is 12.8. The normalized spacial score (nSPS) is 12.2. The lowest BCUT2D eigenvalue weighted by molar-refractivity contribution is 0.628. The van der Waals surface area contributed by atoms with Crippen LogP contribution < -0.4 is 5.09 Å². The summed E-state index contributed by atoms with van der Waals surface area (Å²) in [7, 11) is 0. The second-order valence-corrected chi connectivity index (χ2v) is 10.0. The molecule has 1 N–H and O–H groups in total. The van der Waals surface area contributed by atoms with Gasteiger partial charge in [0.15, 0.2) is 0 Å². The summed E-state index contributed by atoms with van der Waals surface area (Å²) in [5.74, 6) is -0.215. The molecule has 1 rings (SSSR count). The van der Waals surface area contributed by atoms with E-state index in [1.807, 2.05) is 0 Å². The number of nitrogens with one attached hydrogen (secondary N) is 1. The molecule has 0 spiro atoms. The summed E-state index contributed by atoms with van der Waals surface area (Å²) in [6.45, 7) is 8.60. The molecule has 1 aromatic rings. The van der Waals surface area contributed by atoms with E-state index in [0.717, 1.165) is 5.69 Å². The van der Waals surface area contributed by atoms with Crippen molar-refractivity contribution >= 4 is 23.7 Å². The molecule has 0 bridgehead atoms. The van der Waals surface area contributed by atoms with Crippen molar-refractivity contribution in [1.82, 2.24) is 0 Å². The fourth-order valence-corrected chi connectivity index (χ4v) is 4.16. The van der Waals surface area contributed by atoms with Crippen LogP contribution in [0.15, 0.2) is 24.3 Å². The lowest BCUT2D eigenvalue weighted by Crippen LogP contribution is -2.15. The Kier molecular flexibility index (Phi) is 4.52. The molecule has 0 amide bonds. The zero-order valence-corrected chi connectivity index (χ0v) is 11.9. The predicted octanol–water partition coefficient (Wildman–Crippen LogP) is 4.45. The van der Waals surface area contributed by atoms with E-state index in [1.54, 1.807) is 12.1 Å². The Labute approximate surface area is 103 Å². The molecule has 0 saturated carbocycles. The molecule has 0 fully saturated rings. The average Bonchev–Trinajstić information content (AvgIpc) is 2.20. The minimum Gasteiger partial charge on any atom is -0.357 e. The van der Waals surface area contributed by atoms with E-state index >= 15 is 0 Å². The minimum absolute atomic E-state index is 0.215. The molecule has 1 aromatic carbocycles. The van der Waals surface area contributed by atoms with Gasteiger partial charge in [-0.2, -0.15) is 0 Å². The van der Waals surface area contributed by atoms with Gasteiger partial charge in [0.2, 0.25) is 0 Å². The summed E-state index contributed by atoms with van der Waals surface area (Å²) >= 11 is 5.77. The zero-order chi connectivity index (χ0) is 12.3. The van der Waals surface area contributed by atoms with E-state index in [1.165, 1.54) is 12.1 Å². The van der Waals surface area contributed by atoms with Crippen LogP contribution >= 0.6 is 6.19 Å². The molecular weight excluding hydrogens is 240 g/mol. The summed E-state index contributed by atoms with van der Waals surface area (Å²) in [4.78, 5) is 0. The molecular formula is C12H19FNPS. The zero-order valence-electron chi connectivity index (χ0n) is 10.2. The Morgan fingerprint density at radius 3 is 1.88 bits per heavy atom. The molecule has 0 aliphatic rings. The quantitative estimate of drug-likeness (QED) is 0.802. The smallest absolute Gasteiger partial charge is 0.123 e. The van der Waals surface area contributed by atoms with Gasteiger partial charge in [-0.1, -0.05) is 39.5 Å². The van der Waals surface area contributed by atoms with Crippen LogP contribution in [0.1, 0.15) is 27.7 Å². The molecule has 0 atom stereocenters. The Balaban J connectivity index is 2.93. The predicted molar refractivity (Wildman–Crippen MR) is 74.6 cm³/mol. The van der Waals surface area contributed by atoms with Gasteiger partial charge in [0, 0.05) is 11.9 Å². The van der Waals surface area contributed by atoms with Crippen LogP contribution in [0.4, 0.5) is 10.1 Å². The van der Waals surface area contributed by atoms with Crippen molar-refractivity contribution in [3.63, 3.8) is 0 Å². The summed E-state index contributed by atoms with van der Waals surface area (Å²) in [6.07, 6.45) is -1.64. The third-order valence-electron chi connectivity index (χ3n) is 2.68. The van der Waals surface area contributed by atoms with Gasteiger partial charge in [0.25, 0.3) is 0 Å². The number of hydrogen-bond acceptors (Lipinski definition) is 1. The summed E-state index contributed by atoms with van der Waals surface area (Å²) in [6, 6.07) is 6.42. The van der Waals surface area contributed by atoms with Crippen molar-refractivity contribution in [2.75, 3.05) is 5.09 Å². The third-order valence-corrected chi connectivity index (χ3v) is 9.16. The molecule has 0 aromatic heterocycles.